The molecule has 106 valence electrons. The minimum Gasteiger partial charge on any atom is -0.0623 e. The van der Waals surface area contributed by atoms with Crippen LogP contribution in [0.3, 0.4) is 0 Å². The molecule has 1 saturated carbocycles. The minimum atomic E-state index is 1.00. The molecule has 3 rings (SSSR count). The van der Waals surface area contributed by atoms with Crippen molar-refractivity contribution in [1.82, 2.24) is 0 Å². The molecule has 20 heavy (non-hydrogen) atoms. The number of hydrogen-bond acceptors (Lipinski definition) is 0. The van der Waals surface area contributed by atoms with Crippen molar-refractivity contribution in [3.05, 3.63) is 60.7 Å². The molecule has 0 spiro atoms. The van der Waals surface area contributed by atoms with Gasteiger partial charge in [-0.25, -0.2) is 0 Å². The summed E-state index contributed by atoms with van der Waals surface area (Å²) in [5.41, 5.74) is 2.55. The quantitative estimate of drug-likeness (QED) is 0.577. The zero-order valence-corrected chi connectivity index (χ0v) is 12.8. The fourth-order valence-electron chi connectivity index (χ4n) is 2.76. The summed E-state index contributed by atoms with van der Waals surface area (Å²) in [6.07, 6.45) is 5.90. The largest absolute Gasteiger partial charge is 0.0623 e. The summed E-state index contributed by atoms with van der Waals surface area (Å²) in [5.74, 6) is 2.01. The van der Waals surface area contributed by atoms with Crippen molar-refractivity contribution in [2.45, 2.75) is 39.5 Å². The fraction of sp³-hybridized carbons (Fsp3) is 0.400. The summed E-state index contributed by atoms with van der Waals surface area (Å²) in [6.45, 7) is 4.76. The summed E-state index contributed by atoms with van der Waals surface area (Å²) in [7, 11) is 0. The Hall–Kier alpha value is -1.56. The molecule has 2 atom stereocenters. The van der Waals surface area contributed by atoms with E-state index in [1.165, 1.54) is 36.8 Å². The van der Waals surface area contributed by atoms with E-state index >= 15 is 0 Å². The lowest BCUT2D eigenvalue weighted by Gasteiger charge is -2.24. The molecule has 1 aliphatic rings. The predicted molar refractivity (Wildman–Crippen MR) is 88.7 cm³/mol. The van der Waals surface area contributed by atoms with Crippen molar-refractivity contribution in [3.63, 3.8) is 0 Å². The molecule has 0 aromatic heterocycles. The number of rotatable bonds is 1. The van der Waals surface area contributed by atoms with Crippen LogP contribution >= 0.6 is 0 Å². The maximum absolute atomic E-state index is 2.38. The van der Waals surface area contributed by atoms with Crippen LogP contribution < -0.4 is 0 Å². The van der Waals surface area contributed by atoms with Gasteiger partial charge in [0.2, 0.25) is 0 Å². The SMILES string of the molecule is CC1CCCCC1C.c1ccc(-c2ccccc2)cc1. The summed E-state index contributed by atoms with van der Waals surface area (Å²) < 4.78 is 0. The van der Waals surface area contributed by atoms with Crippen LogP contribution in [0.2, 0.25) is 0 Å². The standard InChI is InChI=1S/C12H10.C8H16/c1-3-7-11(8-4-1)12-9-5-2-6-10-12;1-7-5-3-4-6-8(7)2/h1-10H;7-8H,3-6H2,1-2H3. The highest BCUT2D eigenvalue weighted by Gasteiger charge is 2.15. The molecule has 0 radical (unpaired) electrons. The van der Waals surface area contributed by atoms with Gasteiger partial charge in [-0.2, -0.15) is 0 Å². The second kappa shape index (κ2) is 7.89. The smallest absolute Gasteiger partial charge is 0.0184 e. The van der Waals surface area contributed by atoms with Gasteiger partial charge in [0.15, 0.2) is 0 Å². The van der Waals surface area contributed by atoms with E-state index in [1.807, 2.05) is 12.1 Å². The summed E-state index contributed by atoms with van der Waals surface area (Å²) >= 11 is 0. The van der Waals surface area contributed by atoms with Crippen LogP contribution in [0.5, 0.6) is 0 Å². The van der Waals surface area contributed by atoms with Gasteiger partial charge in [0.25, 0.3) is 0 Å². The Morgan fingerprint density at radius 3 is 1.25 bits per heavy atom. The Balaban J connectivity index is 0.000000160. The van der Waals surface area contributed by atoms with Crippen LogP contribution in [0, 0.1) is 11.8 Å². The first-order valence-corrected chi connectivity index (χ1v) is 7.88. The molecule has 0 nitrogen and oxygen atoms in total. The van der Waals surface area contributed by atoms with E-state index in [0.29, 0.717) is 0 Å². The van der Waals surface area contributed by atoms with Crippen LogP contribution in [0.4, 0.5) is 0 Å². The van der Waals surface area contributed by atoms with E-state index in [0.717, 1.165) is 11.8 Å². The van der Waals surface area contributed by atoms with Crippen LogP contribution in [-0.4, -0.2) is 0 Å². The maximum atomic E-state index is 2.38. The van der Waals surface area contributed by atoms with Gasteiger partial charge in [0.1, 0.15) is 0 Å². The van der Waals surface area contributed by atoms with Crippen LogP contribution in [0.1, 0.15) is 39.5 Å². The van der Waals surface area contributed by atoms with Crippen molar-refractivity contribution in [2.75, 3.05) is 0 Å². The molecule has 1 fully saturated rings. The number of hydrogen-bond donors (Lipinski definition) is 0. The lowest BCUT2D eigenvalue weighted by molar-refractivity contribution is 0.277. The Kier molecular flexibility index (Phi) is 5.86. The molecule has 0 N–H and O–H groups in total. The third-order valence-corrected chi connectivity index (χ3v) is 4.42. The molecule has 2 aromatic carbocycles. The molecule has 0 heteroatoms. The molecular weight excluding hydrogens is 240 g/mol. The first-order chi connectivity index (χ1) is 9.77. The van der Waals surface area contributed by atoms with Crippen molar-refractivity contribution in [2.24, 2.45) is 11.8 Å². The van der Waals surface area contributed by atoms with Crippen molar-refractivity contribution in [3.8, 4) is 11.1 Å². The van der Waals surface area contributed by atoms with E-state index in [2.05, 4.69) is 62.4 Å². The van der Waals surface area contributed by atoms with Gasteiger partial charge >= 0.3 is 0 Å². The zero-order chi connectivity index (χ0) is 14.2. The average molecular weight is 266 g/mol. The first kappa shape index (κ1) is 14.8. The minimum absolute atomic E-state index is 1.00. The molecule has 2 aromatic rings. The molecule has 0 amide bonds. The summed E-state index contributed by atoms with van der Waals surface area (Å²) in [6, 6.07) is 20.8. The van der Waals surface area contributed by atoms with E-state index in [9.17, 15) is 0 Å². The summed E-state index contributed by atoms with van der Waals surface area (Å²) in [5, 5.41) is 0. The van der Waals surface area contributed by atoms with Gasteiger partial charge < -0.3 is 0 Å². The highest BCUT2D eigenvalue weighted by molar-refractivity contribution is 5.62. The van der Waals surface area contributed by atoms with Gasteiger partial charge in [-0.05, 0) is 23.0 Å². The van der Waals surface area contributed by atoms with E-state index in [4.69, 9.17) is 0 Å². The Morgan fingerprint density at radius 2 is 0.950 bits per heavy atom. The third kappa shape index (κ3) is 4.52. The Bertz CT molecular complexity index is 424. The second-order valence-electron chi connectivity index (χ2n) is 5.97. The molecule has 0 aliphatic heterocycles. The van der Waals surface area contributed by atoms with Crippen molar-refractivity contribution >= 4 is 0 Å². The predicted octanol–water partition coefficient (Wildman–Crippen LogP) is 6.19. The Morgan fingerprint density at radius 1 is 0.600 bits per heavy atom. The lowest BCUT2D eigenvalue weighted by Crippen LogP contribution is -2.12. The molecule has 2 unspecified atom stereocenters. The van der Waals surface area contributed by atoms with E-state index in [1.54, 1.807) is 0 Å². The first-order valence-electron chi connectivity index (χ1n) is 7.88. The molecule has 0 saturated heterocycles. The van der Waals surface area contributed by atoms with Gasteiger partial charge in [-0.3, -0.25) is 0 Å². The monoisotopic (exact) mass is 266 g/mol. The van der Waals surface area contributed by atoms with Gasteiger partial charge in [-0.1, -0.05) is 100 Å². The highest BCUT2D eigenvalue weighted by Crippen LogP contribution is 2.28. The van der Waals surface area contributed by atoms with Crippen LogP contribution in [0.15, 0.2) is 60.7 Å². The second-order valence-corrected chi connectivity index (χ2v) is 5.97. The molecular formula is C20H26. The maximum Gasteiger partial charge on any atom is -0.0184 e. The third-order valence-electron chi connectivity index (χ3n) is 4.42. The van der Waals surface area contributed by atoms with Gasteiger partial charge in [0.05, 0.1) is 0 Å². The lowest BCUT2D eigenvalue weighted by atomic mass is 9.82. The molecule has 1 aliphatic carbocycles. The summed E-state index contributed by atoms with van der Waals surface area (Å²) in [4.78, 5) is 0. The average Bonchev–Trinajstić information content (AvgIpc) is 2.53. The molecule has 0 heterocycles. The van der Waals surface area contributed by atoms with E-state index in [-0.39, 0.29) is 0 Å². The zero-order valence-electron chi connectivity index (χ0n) is 12.8. The topological polar surface area (TPSA) is 0 Å². The molecule has 0 bridgehead atoms. The Labute approximate surface area is 123 Å². The van der Waals surface area contributed by atoms with Crippen molar-refractivity contribution in [1.29, 1.82) is 0 Å². The van der Waals surface area contributed by atoms with Crippen molar-refractivity contribution < 1.29 is 0 Å². The van der Waals surface area contributed by atoms with Crippen LogP contribution in [-0.2, 0) is 0 Å². The fourth-order valence-corrected chi connectivity index (χ4v) is 2.76. The normalized spacial score (nSPS) is 21.7. The van der Waals surface area contributed by atoms with Gasteiger partial charge in [-0.15, -0.1) is 0 Å². The van der Waals surface area contributed by atoms with Crippen LogP contribution in [0.25, 0.3) is 11.1 Å². The van der Waals surface area contributed by atoms with E-state index < -0.39 is 0 Å². The highest BCUT2D eigenvalue weighted by atomic mass is 14.2. The number of benzene rings is 2. The van der Waals surface area contributed by atoms with Gasteiger partial charge in [0, 0.05) is 0 Å².